The minimum atomic E-state index is -1.46. The van der Waals surface area contributed by atoms with E-state index in [1.54, 1.807) is 6.42 Å². The van der Waals surface area contributed by atoms with E-state index in [4.69, 9.17) is 4.74 Å². The first kappa shape index (κ1) is 22.2. The van der Waals surface area contributed by atoms with Crippen LogP contribution < -0.4 is 0 Å². The number of rotatable bonds is 2. The molecule has 2 nitrogen and oxygen atoms in total. The topological polar surface area (TPSA) is 26.3 Å². The lowest BCUT2D eigenvalue weighted by Crippen LogP contribution is -2.56. The van der Waals surface area contributed by atoms with Crippen molar-refractivity contribution in [1.82, 2.24) is 0 Å². The molecule has 1 aliphatic heterocycles. The van der Waals surface area contributed by atoms with Gasteiger partial charge in [-0.3, -0.25) is 4.79 Å². The summed E-state index contributed by atoms with van der Waals surface area (Å²) in [5.74, 6) is 4.89. The van der Waals surface area contributed by atoms with Crippen LogP contribution in [0.2, 0.25) is 24.2 Å². The fourth-order valence-electron chi connectivity index (χ4n) is 11.2. The van der Waals surface area contributed by atoms with Crippen LogP contribution in [0.4, 0.5) is 0 Å². The molecule has 3 heteroatoms. The Morgan fingerprint density at radius 2 is 1.81 bits per heavy atom. The van der Waals surface area contributed by atoms with Crippen LogP contribution in [0.15, 0.2) is 0 Å². The Kier molecular flexibility index (Phi) is 4.48. The van der Waals surface area contributed by atoms with Gasteiger partial charge in [-0.2, -0.15) is 0 Å². The molecule has 5 saturated carbocycles. The van der Waals surface area contributed by atoms with Crippen molar-refractivity contribution in [2.75, 3.05) is 0 Å². The number of esters is 1. The van der Waals surface area contributed by atoms with E-state index in [0.29, 0.717) is 34.1 Å². The minimum Gasteiger partial charge on any atom is -0.462 e. The van der Waals surface area contributed by atoms with Gasteiger partial charge in [0, 0.05) is 12.3 Å². The van der Waals surface area contributed by atoms with Gasteiger partial charge >= 0.3 is 5.97 Å². The minimum absolute atomic E-state index is 0.0857. The zero-order chi connectivity index (χ0) is 22.9. The lowest BCUT2D eigenvalue weighted by atomic mass is 9.45. The number of hydrogen-bond acceptors (Lipinski definition) is 2. The van der Waals surface area contributed by atoms with Crippen molar-refractivity contribution in [3.63, 3.8) is 0 Å². The van der Waals surface area contributed by atoms with Gasteiger partial charge in [-0.1, -0.05) is 53.8 Å². The smallest absolute Gasteiger partial charge is 0.306 e. The number of carbonyl (C=O) groups excluding carboxylic acids is 1. The highest BCUT2D eigenvalue weighted by molar-refractivity contribution is 6.80. The quantitative estimate of drug-likeness (QED) is 0.314. The number of carbonyl (C=O) groups is 1. The van der Waals surface area contributed by atoms with E-state index < -0.39 is 8.07 Å². The van der Waals surface area contributed by atoms with Gasteiger partial charge < -0.3 is 4.74 Å². The summed E-state index contributed by atoms with van der Waals surface area (Å²) in [6.07, 6.45) is 12.5. The summed E-state index contributed by atoms with van der Waals surface area (Å²) in [4.78, 5) is 12.5. The van der Waals surface area contributed by atoms with E-state index >= 15 is 0 Å². The SMILES string of the molecule is C[C@@H]1CC(=O)O[C@H]2C[C@H]3[C@@H]4CC[C@]56C[C@H]5CC[C@]6(C)[C@H]4CC[C@]3(C[Si](C)(C)C(C)(C)C)[C@@H]12. The zero-order valence-electron chi connectivity index (χ0n) is 21.9. The van der Waals surface area contributed by atoms with Crippen molar-refractivity contribution < 1.29 is 9.53 Å². The second kappa shape index (κ2) is 6.46. The first-order valence-electron chi connectivity index (χ1n) is 14.0. The summed E-state index contributed by atoms with van der Waals surface area (Å²) >= 11 is 0. The molecule has 0 aromatic rings. The third-order valence-electron chi connectivity index (χ3n) is 13.6. The normalized spacial score (nSPS) is 54.1. The summed E-state index contributed by atoms with van der Waals surface area (Å²) in [6.45, 7) is 18.0. The van der Waals surface area contributed by atoms with Gasteiger partial charge in [0.1, 0.15) is 6.10 Å². The molecule has 1 heterocycles. The van der Waals surface area contributed by atoms with Gasteiger partial charge in [-0.05, 0) is 102 Å². The monoisotopic (exact) mass is 456 g/mol. The molecule has 6 aliphatic rings. The molecule has 6 fully saturated rings. The molecule has 10 atom stereocenters. The molecule has 1 saturated heterocycles. The molecule has 5 aliphatic carbocycles. The van der Waals surface area contributed by atoms with E-state index in [2.05, 4.69) is 47.7 Å². The van der Waals surface area contributed by atoms with Crippen molar-refractivity contribution in [2.24, 2.45) is 51.8 Å². The Labute approximate surface area is 198 Å². The average Bonchev–Trinajstić information content (AvgIpc) is 3.17. The number of hydrogen-bond donors (Lipinski definition) is 0. The predicted molar refractivity (Wildman–Crippen MR) is 133 cm³/mol. The van der Waals surface area contributed by atoms with Crippen LogP contribution in [0.1, 0.15) is 92.4 Å². The van der Waals surface area contributed by atoms with Gasteiger partial charge in [0.2, 0.25) is 0 Å². The van der Waals surface area contributed by atoms with E-state index in [9.17, 15) is 4.79 Å². The third kappa shape index (κ3) is 2.61. The number of fused-ring (bicyclic) bond motifs is 6. The Morgan fingerprint density at radius 3 is 2.50 bits per heavy atom. The highest BCUT2D eigenvalue weighted by Gasteiger charge is 2.75. The summed E-state index contributed by atoms with van der Waals surface area (Å²) in [6, 6.07) is 1.45. The molecule has 0 aromatic heterocycles. The molecule has 0 aromatic carbocycles. The molecule has 32 heavy (non-hydrogen) atoms. The first-order valence-corrected chi connectivity index (χ1v) is 17.2. The number of ether oxygens (including phenoxy) is 1. The van der Waals surface area contributed by atoms with Crippen LogP contribution >= 0.6 is 0 Å². The summed E-state index contributed by atoms with van der Waals surface area (Å²) in [7, 11) is -1.46. The van der Waals surface area contributed by atoms with Crippen molar-refractivity contribution in [2.45, 2.75) is 123 Å². The van der Waals surface area contributed by atoms with Gasteiger partial charge in [-0.25, -0.2) is 0 Å². The molecule has 0 unspecified atom stereocenters. The largest absolute Gasteiger partial charge is 0.462 e. The molecule has 180 valence electrons. The van der Waals surface area contributed by atoms with Crippen LogP contribution in [0.25, 0.3) is 0 Å². The van der Waals surface area contributed by atoms with Gasteiger partial charge in [-0.15, -0.1) is 0 Å². The molecule has 0 radical (unpaired) electrons. The lowest BCUT2D eigenvalue weighted by Gasteiger charge is -2.61. The molecule has 0 N–H and O–H groups in total. The molecule has 0 amide bonds. The van der Waals surface area contributed by atoms with Crippen LogP contribution in [0.5, 0.6) is 0 Å². The molecule has 0 bridgehead atoms. The predicted octanol–water partition coefficient (Wildman–Crippen LogP) is 7.70. The van der Waals surface area contributed by atoms with Crippen LogP contribution in [-0.2, 0) is 9.53 Å². The zero-order valence-corrected chi connectivity index (χ0v) is 22.9. The second-order valence-corrected chi connectivity index (χ2v) is 21.1. The van der Waals surface area contributed by atoms with E-state index in [1.807, 2.05) is 0 Å². The Hall–Kier alpha value is -0.313. The molecule has 1 spiro atoms. The first-order chi connectivity index (χ1) is 14.8. The molecular weight excluding hydrogens is 408 g/mol. The van der Waals surface area contributed by atoms with Gasteiger partial charge in [0.25, 0.3) is 0 Å². The second-order valence-electron chi connectivity index (χ2n) is 15.5. The van der Waals surface area contributed by atoms with Crippen molar-refractivity contribution >= 4 is 14.0 Å². The van der Waals surface area contributed by atoms with Crippen LogP contribution in [-0.4, -0.2) is 20.1 Å². The van der Waals surface area contributed by atoms with Crippen molar-refractivity contribution in [3.8, 4) is 0 Å². The van der Waals surface area contributed by atoms with Crippen LogP contribution in [0, 0.1) is 51.8 Å². The average molecular weight is 457 g/mol. The highest BCUT2D eigenvalue weighted by Crippen LogP contribution is 2.82. The maximum absolute atomic E-state index is 12.5. The van der Waals surface area contributed by atoms with Gasteiger partial charge in [0.15, 0.2) is 0 Å². The summed E-state index contributed by atoms with van der Waals surface area (Å²) in [5, 5.41) is 0.422. The maximum atomic E-state index is 12.5. The fourth-order valence-corrected chi connectivity index (χ4v) is 14.0. The molecular formula is C29H48O2Si. The summed E-state index contributed by atoms with van der Waals surface area (Å²) < 4.78 is 6.19. The Morgan fingerprint density at radius 1 is 1.06 bits per heavy atom. The van der Waals surface area contributed by atoms with E-state index in [0.717, 1.165) is 29.1 Å². The highest BCUT2D eigenvalue weighted by atomic mass is 28.3. The third-order valence-corrected chi connectivity index (χ3v) is 19.2. The van der Waals surface area contributed by atoms with Crippen molar-refractivity contribution in [3.05, 3.63) is 0 Å². The van der Waals surface area contributed by atoms with E-state index in [1.165, 1.54) is 51.0 Å². The summed E-state index contributed by atoms with van der Waals surface area (Å²) in [5.41, 5.74) is 1.77. The maximum Gasteiger partial charge on any atom is 0.306 e. The lowest BCUT2D eigenvalue weighted by molar-refractivity contribution is -0.164. The van der Waals surface area contributed by atoms with Gasteiger partial charge in [0.05, 0.1) is 8.07 Å². The standard InChI is InChI=1S/C29H48O2Si/c1-18-14-24(30)31-23-15-22-20-9-13-29-16-19(29)8-11-27(29,5)21(20)10-12-28(22,25(18)23)17-32(6,7)26(2,3)4/h18-23,25H,8-17H2,1-7H3/t18-,19-,20-,21+,22+,23+,25+,27-,28-,29+/m1/s1. The van der Waals surface area contributed by atoms with E-state index in [-0.39, 0.29) is 12.1 Å². The van der Waals surface area contributed by atoms with Crippen molar-refractivity contribution in [1.29, 1.82) is 0 Å². The van der Waals surface area contributed by atoms with Crippen LogP contribution in [0.3, 0.4) is 0 Å². The molecule has 6 rings (SSSR count). The fraction of sp³-hybridized carbons (Fsp3) is 0.966. The Balaban J connectivity index is 1.40. The Bertz CT molecular complexity index is 828.